The van der Waals surface area contributed by atoms with Crippen molar-refractivity contribution < 1.29 is 19.4 Å². The minimum atomic E-state index is -0.314. The van der Waals surface area contributed by atoms with Gasteiger partial charge in [0, 0.05) is 19.7 Å². The molecule has 174 valence electrons. The number of aliphatic hydroxyl groups excluding tert-OH is 1. The summed E-state index contributed by atoms with van der Waals surface area (Å²) in [6.07, 6.45) is 1.83. The number of aliphatic hydroxyl groups is 1. The summed E-state index contributed by atoms with van der Waals surface area (Å²) >= 11 is 0. The number of aryl methyl sites for hydroxylation is 2. The van der Waals surface area contributed by atoms with Gasteiger partial charge in [0.2, 0.25) is 0 Å². The second-order valence-corrected chi connectivity index (χ2v) is 9.29. The van der Waals surface area contributed by atoms with Crippen LogP contribution in [0.4, 0.5) is 5.69 Å². The lowest BCUT2D eigenvalue weighted by atomic mass is 9.95. The van der Waals surface area contributed by atoms with E-state index in [9.17, 15) is 14.7 Å². The maximum absolute atomic E-state index is 13.8. The Morgan fingerprint density at radius 1 is 1.06 bits per heavy atom. The highest BCUT2D eigenvalue weighted by Crippen LogP contribution is 2.38. The van der Waals surface area contributed by atoms with Gasteiger partial charge in [-0.05, 0) is 81.8 Å². The molecule has 1 saturated heterocycles. The van der Waals surface area contributed by atoms with Crippen LogP contribution in [0.2, 0.25) is 0 Å². The predicted octanol–water partition coefficient (Wildman–Crippen LogP) is 4.08. The van der Waals surface area contributed by atoms with Gasteiger partial charge in [-0.1, -0.05) is 23.8 Å². The van der Waals surface area contributed by atoms with Gasteiger partial charge in [0.25, 0.3) is 11.8 Å². The molecule has 0 radical (unpaired) electrons. The molecule has 0 bridgehead atoms. The maximum Gasteiger partial charge on any atom is 0.282 e. The largest absolute Gasteiger partial charge is 0.491 e. The molecule has 2 heterocycles. The van der Waals surface area contributed by atoms with Crippen LogP contribution in [-0.4, -0.2) is 47.6 Å². The first-order chi connectivity index (χ1) is 15.8. The Morgan fingerprint density at radius 2 is 1.79 bits per heavy atom. The topological polar surface area (TPSA) is 70.1 Å². The van der Waals surface area contributed by atoms with E-state index in [1.807, 2.05) is 50.8 Å². The molecule has 1 fully saturated rings. The molecule has 0 aromatic heterocycles. The van der Waals surface area contributed by atoms with Crippen LogP contribution in [-0.2, 0) is 9.59 Å². The van der Waals surface area contributed by atoms with Gasteiger partial charge in [-0.15, -0.1) is 0 Å². The van der Waals surface area contributed by atoms with Gasteiger partial charge in [-0.2, -0.15) is 0 Å². The number of anilines is 1. The molecule has 0 saturated carbocycles. The van der Waals surface area contributed by atoms with Crippen LogP contribution in [0.25, 0.3) is 5.57 Å². The summed E-state index contributed by atoms with van der Waals surface area (Å²) < 4.78 is 5.71. The van der Waals surface area contributed by atoms with Crippen LogP contribution in [0.3, 0.4) is 0 Å². The van der Waals surface area contributed by atoms with Crippen molar-refractivity contribution >= 4 is 23.1 Å². The van der Waals surface area contributed by atoms with Crippen LogP contribution in [0.15, 0.2) is 48.2 Å². The van der Waals surface area contributed by atoms with Crippen LogP contribution in [0.5, 0.6) is 5.75 Å². The van der Waals surface area contributed by atoms with Crippen molar-refractivity contribution in [2.45, 2.75) is 46.6 Å². The molecule has 6 nitrogen and oxygen atoms in total. The van der Waals surface area contributed by atoms with E-state index in [1.54, 1.807) is 24.3 Å². The van der Waals surface area contributed by atoms with E-state index in [1.165, 1.54) is 4.90 Å². The number of ether oxygens (including phenoxy) is 1. The summed E-state index contributed by atoms with van der Waals surface area (Å²) in [6.45, 7) is 9.21. The van der Waals surface area contributed by atoms with Gasteiger partial charge < -0.3 is 14.7 Å². The fourth-order valence-corrected chi connectivity index (χ4v) is 4.75. The number of imide groups is 1. The van der Waals surface area contributed by atoms with Crippen LogP contribution in [0.1, 0.15) is 43.4 Å². The molecule has 4 rings (SSSR count). The molecule has 2 aliphatic rings. The van der Waals surface area contributed by atoms with E-state index in [0.29, 0.717) is 35.8 Å². The lowest BCUT2D eigenvalue weighted by Gasteiger charge is -2.34. The molecule has 33 heavy (non-hydrogen) atoms. The first-order valence-corrected chi connectivity index (χ1v) is 11.6. The third-order valence-corrected chi connectivity index (χ3v) is 6.27. The van der Waals surface area contributed by atoms with Crippen molar-refractivity contribution in [2.75, 3.05) is 24.6 Å². The number of benzene rings is 2. The van der Waals surface area contributed by atoms with E-state index >= 15 is 0 Å². The van der Waals surface area contributed by atoms with Crippen molar-refractivity contribution in [2.24, 2.45) is 5.92 Å². The average molecular weight is 449 g/mol. The van der Waals surface area contributed by atoms with E-state index in [-0.39, 0.29) is 30.4 Å². The summed E-state index contributed by atoms with van der Waals surface area (Å²) in [5, 5.41) is 9.73. The van der Waals surface area contributed by atoms with Crippen molar-refractivity contribution in [1.82, 2.24) is 4.90 Å². The first kappa shape index (κ1) is 23.1. The summed E-state index contributed by atoms with van der Waals surface area (Å²) in [4.78, 5) is 30.8. The van der Waals surface area contributed by atoms with E-state index in [4.69, 9.17) is 4.74 Å². The number of likely N-dealkylation sites (tertiary alicyclic amines) is 1. The quantitative estimate of drug-likeness (QED) is 0.675. The summed E-state index contributed by atoms with van der Waals surface area (Å²) in [5.41, 5.74) is 4.25. The Morgan fingerprint density at radius 3 is 2.42 bits per heavy atom. The molecule has 2 amide bonds. The molecule has 0 spiro atoms. The van der Waals surface area contributed by atoms with Gasteiger partial charge >= 0.3 is 0 Å². The van der Waals surface area contributed by atoms with E-state index in [0.717, 1.165) is 29.5 Å². The molecule has 2 aromatic rings. The van der Waals surface area contributed by atoms with Crippen molar-refractivity contribution in [1.29, 1.82) is 0 Å². The van der Waals surface area contributed by atoms with Crippen LogP contribution < -0.4 is 9.64 Å². The van der Waals surface area contributed by atoms with Gasteiger partial charge in [-0.25, -0.2) is 4.90 Å². The average Bonchev–Trinajstić information content (AvgIpc) is 3.04. The molecule has 1 N–H and O–H groups in total. The van der Waals surface area contributed by atoms with Gasteiger partial charge in [0.15, 0.2) is 0 Å². The zero-order valence-electron chi connectivity index (χ0n) is 19.8. The Balaban J connectivity index is 1.77. The fraction of sp³-hybridized carbons (Fsp3) is 0.407. The zero-order valence-corrected chi connectivity index (χ0v) is 19.8. The summed E-state index contributed by atoms with van der Waals surface area (Å²) in [7, 11) is 0. The first-order valence-electron chi connectivity index (χ1n) is 11.6. The van der Waals surface area contributed by atoms with Crippen molar-refractivity contribution in [3.63, 3.8) is 0 Å². The number of carbonyl (C=O) groups excluding carboxylic acids is 2. The highest BCUT2D eigenvalue weighted by molar-refractivity contribution is 6.45. The number of carbonyl (C=O) groups is 2. The van der Waals surface area contributed by atoms with E-state index < -0.39 is 0 Å². The minimum absolute atomic E-state index is 0.0360. The predicted molar refractivity (Wildman–Crippen MR) is 129 cm³/mol. The molecule has 2 aromatic carbocycles. The standard InChI is InChI=1S/C27H32N2O4/c1-17(2)33-22-10-8-21(9-11-22)29-26(31)24(23-12-7-18(3)14-19(23)4)25(27(29)32)28-13-5-6-20(15-28)16-30/h7-12,14,17,20,30H,5-6,13,15-16H2,1-4H3. The number of amides is 2. The Labute approximate surface area is 195 Å². The second kappa shape index (κ2) is 9.40. The molecule has 2 aliphatic heterocycles. The van der Waals surface area contributed by atoms with Crippen LogP contribution in [0, 0.1) is 19.8 Å². The third kappa shape index (κ3) is 4.53. The molecule has 1 unspecified atom stereocenters. The molecular weight excluding hydrogens is 416 g/mol. The molecule has 0 aliphatic carbocycles. The number of hydrogen-bond acceptors (Lipinski definition) is 5. The molecule has 1 atom stereocenters. The minimum Gasteiger partial charge on any atom is -0.491 e. The SMILES string of the molecule is Cc1ccc(C2=C(N3CCCC(CO)C3)C(=O)N(c3ccc(OC(C)C)cc3)C2=O)c(C)c1. The van der Waals surface area contributed by atoms with Crippen LogP contribution >= 0.6 is 0 Å². The Bertz CT molecular complexity index is 1090. The lowest BCUT2D eigenvalue weighted by molar-refractivity contribution is -0.120. The van der Waals surface area contributed by atoms with Crippen molar-refractivity contribution in [3.05, 3.63) is 64.9 Å². The molecular formula is C27H32N2O4. The van der Waals surface area contributed by atoms with Gasteiger partial charge in [0.05, 0.1) is 17.4 Å². The molecule has 6 heteroatoms. The zero-order chi connectivity index (χ0) is 23.7. The Kier molecular flexibility index (Phi) is 6.56. The fourth-order valence-electron chi connectivity index (χ4n) is 4.75. The normalized spacial score (nSPS) is 19.2. The highest BCUT2D eigenvalue weighted by atomic mass is 16.5. The monoisotopic (exact) mass is 448 g/mol. The number of rotatable bonds is 6. The highest BCUT2D eigenvalue weighted by Gasteiger charge is 2.43. The van der Waals surface area contributed by atoms with Gasteiger partial charge in [-0.3, -0.25) is 9.59 Å². The van der Waals surface area contributed by atoms with E-state index in [2.05, 4.69) is 0 Å². The maximum atomic E-state index is 13.8. The number of nitrogens with zero attached hydrogens (tertiary/aromatic N) is 2. The summed E-state index contributed by atoms with van der Waals surface area (Å²) in [6, 6.07) is 13.0. The summed E-state index contributed by atoms with van der Waals surface area (Å²) in [5.74, 6) is 0.158. The third-order valence-electron chi connectivity index (χ3n) is 6.27. The van der Waals surface area contributed by atoms with Gasteiger partial charge in [0.1, 0.15) is 11.4 Å². The van der Waals surface area contributed by atoms with Crippen molar-refractivity contribution in [3.8, 4) is 5.75 Å². The Hall–Kier alpha value is -3.12. The lowest BCUT2D eigenvalue weighted by Crippen LogP contribution is -2.40. The smallest absolute Gasteiger partial charge is 0.282 e. The number of hydrogen-bond donors (Lipinski definition) is 1. The second-order valence-electron chi connectivity index (χ2n) is 9.29. The number of piperidine rings is 1.